The summed E-state index contributed by atoms with van der Waals surface area (Å²) >= 11 is 0. The van der Waals surface area contributed by atoms with Gasteiger partial charge in [-0.15, -0.1) is 0 Å². The quantitative estimate of drug-likeness (QED) is 0.906. The molecule has 18 heavy (non-hydrogen) atoms. The van der Waals surface area contributed by atoms with Crippen LogP contribution in [0.2, 0.25) is 0 Å². The predicted molar refractivity (Wildman–Crippen MR) is 61.8 cm³/mol. The lowest BCUT2D eigenvalue weighted by atomic mass is 10.2. The number of furan rings is 1. The second kappa shape index (κ2) is 4.88. The molecule has 5 heteroatoms. The average Bonchev–Trinajstić information content (AvgIpc) is 2.73. The van der Waals surface area contributed by atoms with Crippen molar-refractivity contribution in [3.05, 3.63) is 53.0 Å². The van der Waals surface area contributed by atoms with E-state index in [2.05, 4.69) is 5.32 Å². The fourth-order valence-electron chi connectivity index (χ4n) is 1.56. The van der Waals surface area contributed by atoms with Crippen LogP contribution in [-0.4, -0.2) is 0 Å². The molecule has 1 N–H and O–H groups in total. The number of aryl methyl sites for hydroxylation is 1. The molecule has 0 saturated heterocycles. The maximum absolute atomic E-state index is 13.5. The van der Waals surface area contributed by atoms with Gasteiger partial charge in [0.15, 0.2) is 11.6 Å². The summed E-state index contributed by atoms with van der Waals surface area (Å²) in [6.45, 7) is 1.96. The van der Waals surface area contributed by atoms with Gasteiger partial charge in [0, 0.05) is 0 Å². The summed E-state index contributed by atoms with van der Waals surface area (Å²) in [5, 5.41) is 11.2. The Morgan fingerprint density at radius 3 is 2.44 bits per heavy atom. The zero-order valence-corrected chi connectivity index (χ0v) is 9.63. The molecular weight excluding hydrogens is 238 g/mol. The van der Waals surface area contributed by atoms with Crippen LogP contribution in [0.4, 0.5) is 14.5 Å². The highest BCUT2D eigenvalue weighted by molar-refractivity contribution is 5.50. The van der Waals surface area contributed by atoms with Crippen molar-refractivity contribution in [2.24, 2.45) is 0 Å². The molecule has 0 amide bonds. The van der Waals surface area contributed by atoms with Crippen LogP contribution in [0, 0.1) is 29.9 Å². The molecule has 92 valence electrons. The number of nitrogens with one attached hydrogen (secondary N) is 1. The number of benzene rings is 1. The third-order valence-electron chi connectivity index (χ3n) is 2.41. The maximum Gasteiger partial charge on any atom is 0.150 e. The Morgan fingerprint density at radius 2 is 1.94 bits per heavy atom. The molecule has 1 heterocycles. The first kappa shape index (κ1) is 12.1. The van der Waals surface area contributed by atoms with Crippen molar-refractivity contribution in [2.45, 2.75) is 13.5 Å². The van der Waals surface area contributed by atoms with Crippen molar-refractivity contribution in [1.82, 2.24) is 0 Å². The molecule has 0 aliphatic rings. The summed E-state index contributed by atoms with van der Waals surface area (Å²) < 4.78 is 32.3. The van der Waals surface area contributed by atoms with E-state index in [1.807, 2.05) is 0 Å². The minimum atomic E-state index is -0.796. The summed E-state index contributed by atoms with van der Waals surface area (Å²) in [4.78, 5) is 0. The molecule has 0 spiro atoms. The number of hydrogen-bond acceptors (Lipinski definition) is 3. The van der Waals surface area contributed by atoms with Crippen LogP contribution in [0.15, 0.2) is 28.7 Å². The third kappa shape index (κ3) is 2.48. The Bertz CT molecular complexity index is 591. The van der Waals surface area contributed by atoms with E-state index in [1.54, 1.807) is 25.1 Å². The van der Waals surface area contributed by atoms with Gasteiger partial charge in [-0.2, -0.15) is 5.26 Å². The van der Waals surface area contributed by atoms with E-state index in [1.165, 1.54) is 0 Å². The van der Waals surface area contributed by atoms with Crippen LogP contribution in [0.1, 0.15) is 17.1 Å². The van der Waals surface area contributed by atoms with E-state index in [0.29, 0.717) is 5.76 Å². The molecule has 0 aliphatic carbocycles. The highest BCUT2D eigenvalue weighted by Gasteiger charge is 2.11. The molecule has 0 fully saturated rings. The van der Waals surface area contributed by atoms with E-state index in [0.717, 1.165) is 17.9 Å². The minimum absolute atomic E-state index is 0.0515. The third-order valence-corrected chi connectivity index (χ3v) is 2.41. The molecule has 0 aliphatic heterocycles. The smallest absolute Gasteiger partial charge is 0.150 e. The van der Waals surface area contributed by atoms with Gasteiger partial charge in [0.05, 0.1) is 18.2 Å². The Labute approximate surface area is 103 Å². The molecule has 1 aromatic heterocycles. The summed E-state index contributed by atoms with van der Waals surface area (Å²) in [7, 11) is 0. The molecule has 0 bridgehead atoms. The predicted octanol–water partition coefficient (Wildman–Crippen LogP) is 3.35. The summed E-state index contributed by atoms with van der Waals surface area (Å²) in [6, 6.07) is 7.15. The molecular formula is C13H10F2N2O. The van der Waals surface area contributed by atoms with Gasteiger partial charge in [0.1, 0.15) is 17.2 Å². The molecule has 0 saturated carbocycles. The first-order valence-corrected chi connectivity index (χ1v) is 5.28. The van der Waals surface area contributed by atoms with Crippen LogP contribution < -0.4 is 5.32 Å². The summed E-state index contributed by atoms with van der Waals surface area (Å²) in [6.07, 6.45) is 0. The average molecular weight is 248 g/mol. The Hall–Kier alpha value is -2.35. The molecule has 3 nitrogen and oxygen atoms in total. The highest BCUT2D eigenvalue weighted by Crippen LogP contribution is 2.21. The lowest BCUT2D eigenvalue weighted by molar-refractivity contribution is 0.489. The first-order chi connectivity index (χ1) is 8.60. The molecule has 1 aromatic carbocycles. The number of halogens is 2. The second-order valence-corrected chi connectivity index (χ2v) is 3.79. The monoisotopic (exact) mass is 248 g/mol. The standard InChI is InChI=1S/C13H10F2N2O/c1-8-2-3-10(18-8)7-17-13-11(14)4-9(6-16)5-12(13)15/h2-5,17H,7H2,1H3. The highest BCUT2D eigenvalue weighted by atomic mass is 19.1. The van der Waals surface area contributed by atoms with Gasteiger partial charge in [0.2, 0.25) is 0 Å². The normalized spacial score (nSPS) is 10.1. The van der Waals surface area contributed by atoms with E-state index in [9.17, 15) is 8.78 Å². The Kier molecular flexibility index (Phi) is 3.28. The van der Waals surface area contributed by atoms with Crippen molar-refractivity contribution in [3.63, 3.8) is 0 Å². The van der Waals surface area contributed by atoms with E-state index in [4.69, 9.17) is 9.68 Å². The zero-order valence-electron chi connectivity index (χ0n) is 9.63. The van der Waals surface area contributed by atoms with Crippen molar-refractivity contribution in [3.8, 4) is 6.07 Å². The van der Waals surface area contributed by atoms with E-state index in [-0.39, 0.29) is 17.8 Å². The molecule has 2 rings (SSSR count). The zero-order chi connectivity index (χ0) is 13.1. The van der Waals surface area contributed by atoms with Crippen LogP contribution in [0.5, 0.6) is 0 Å². The van der Waals surface area contributed by atoms with Crippen LogP contribution in [0.3, 0.4) is 0 Å². The van der Waals surface area contributed by atoms with E-state index >= 15 is 0 Å². The Morgan fingerprint density at radius 1 is 1.28 bits per heavy atom. The lowest BCUT2D eigenvalue weighted by Gasteiger charge is -2.07. The SMILES string of the molecule is Cc1ccc(CNc2c(F)cc(C#N)cc2F)o1. The molecule has 0 atom stereocenters. The summed E-state index contributed by atoms with van der Waals surface area (Å²) in [5.74, 6) is -0.284. The van der Waals surface area contributed by atoms with Crippen molar-refractivity contribution < 1.29 is 13.2 Å². The fraction of sp³-hybridized carbons (Fsp3) is 0.154. The van der Waals surface area contributed by atoms with Crippen molar-refractivity contribution in [1.29, 1.82) is 5.26 Å². The van der Waals surface area contributed by atoms with Crippen molar-refractivity contribution >= 4 is 5.69 Å². The van der Waals surface area contributed by atoms with Crippen molar-refractivity contribution in [2.75, 3.05) is 5.32 Å². The van der Waals surface area contributed by atoms with E-state index < -0.39 is 11.6 Å². The van der Waals surface area contributed by atoms with Gasteiger partial charge in [-0.3, -0.25) is 0 Å². The first-order valence-electron chi connectivity index (χ1n) is 5.28. The van der Waals surface area contributed by atoms with Gasteiger partial charge in [-0.25, -0.2) is 8.78 Å². The van der Waals surface area contributed by atoms with Crippen LogP contribution in [-0.2, 0) is 6.54 Å². The fourth-order valence-corrected chi connectivity index (χ4v) is 1.56. The number of nitrogens with zero attached hydrogens (tertiary/aromatic N) is 1. The van der Waals surface area contributed by atoms with Gasteiger partial charge < -0.3 is 9.73 Å². The molecule has 2 aromatic rings. The van der Waals surface area contributed by atoms with Crippen LogP contribution >= 0.6 is 0 Å². The molecule has 0 unspecified atom stereocenters. The lowest BCUT2D eigenvalue weighted by Crippen LogP contribution is -2.03. The summed E-state index contributed by atoms with van der Waals surface area (Å²) in [5.41, 5.74) is -0.313. The number of anilines is 1. The molecule has 0 radical (unpaired) electrons. The minimum Gasteiger partial charge on any atom is -0.465 e. The second-order valence-electron chi connectivity index (χ2n) is 3.79. The number of hydrogen-bond donors (Lipinski definition) is 1. The maximum atomic E-state index is 13.5. The number of rotatable bonds is 3. The van der Waals surface area contributed by atoms with Gasteiger partial charge in [-0.1, -0.05) is 0 Å². The van der Waals surface area contributed by atoms with Gasteiger partial charge in [-0.05, 0) is 31.2 Å². The Balaban J connectivity index is 2.17. The van der Waals surface area contributed by atoms with Gasteiger partial charge >= 0.3 is 0 Å². The van der Waals surface area contributed by atoms with Gasteiger partial charge in [0.25, 0.3) is 0 Å². The largest absolute Gasteiger partial charge is 0.465 e. The van der Waals surface area contributed by atoms with Crippen LogP contribution in [0.25, 0.3) is 0 Å². The number of nitriles is 1. The topological polar surface area (TPSA) is 49.0 Å².